The van der Waals surface area contributed by atoms with Crippen LogP contribution >= 0.6 is 0 Å². The van der Waals surface area contributed by atoms with Gasteiger partial charge in [-0.15, -0.1) is 0 Å². The number of nitrogens with zero attached hydrogens (tertiary/aromatic N) is 2. The average molecular weight is 248 g/mol. The number of nitrogens with two attached hydrogens (primary N) is 1. The molecule has 0 radical (unpaired) electrons. The molecule has 0 aromatic carbocycles. The lowest BCUT2D eigenvalue weighted by Gasteiger charge is -2.17. The Morgan fingerprint density at radius 2 is 2.11 bits per heavy atom. The maximum absolute atomic E-state index is 5.80. The van der Waals surface area contributed by atoms with Gasteiger partial charge in [0.1, 0.15) is 17.5 Å². The van der Waals surface area contributed by atoms with Gasteiger partial charge in [-0.2, -0.15) is 0 Å². The number of nitrogen functional groups attached to an aromatic ring is 1. The SMILES string of the molecule is CCc1nc(N)cc(NC2CCCC(C)CC2)n1. The van der Waals surface area contributed by atoms with E-state index < -0.39 is 0 Å². The molecule has 2 rings (SSSR count). The predicted molar refractivity (Wildman–Crippen MR) is 75.5 cm³/mol. The topological polar surface area (TPSA) is 63.8 Å². The zero-order valence-electron chi connectivity index (χ0n) is 11.4. The Labute approximate surface area is 109 Å². The highest BCUT2D eigenvalue weighted by Gasteiger charge is 2.16. The van der Waals surface area contributed by atoms with Crippen molar-refractivity contribution in [2.24, 2.45) is 5.92 Å². The molecule has 0 bridgehead atoms. The number of hydrogen-bond acceptors (Lipinski definition) is 4. The summed E-state index contributed by atoms with van der Waals surface area (Å²) in [6.07, 6.45) is 7.24. The summed E-state index contributed by atoms with van der Waals surface area (Å²) in [5.74, 6) is 3.13. The third kappa shape index (κ3) is 3.59. The molecule has 1 fully saturated rings. The molecule has 18 heavy (non-hydrogen) atoms. The summed E-state index contributed by atoms with van der Waals surface area (Å²) in [6, 6.07) is 2.38. The van der Waals surface area contributed by atoms with Crippen LogP contribution in [0.1, 0.15) is 51.8 Å². The van der Waals surface area contributed by atoms with Gasteiger partial charge in [0.2, 0.25) is 0 Å². The van der Waals surface area contributed by atoms with Gasteiger partial charge >= 0.3 is 0 Å². The lowest BCUT2D eigenvalue weighted by Crippen LogP contribution is -2.20. The quantitative estimate of drug-likeness (QED) is 0.807. The molecule has 4 heteroatoms. The van der Waals surface area contributed by atoms with E-state index in [1.54, 1.807) is 0 Å². The zero-order chi connectivity index (χ0) is 13.0. The number of anilines is 2. The van der Waals surface area contributed by atoms with Crippen LogP contribution in [0.15, 0.2) is 6.07 Å². The van der Waals surface area contributed by atoms with Gasteiger partial charge in [0, 0.05) is 18.5 Å². The summed E-state index contributed by atoms with van der Waals surface area (Å²) in [5, 5.41) is 3.53. The molecule has 1 aromatic heterocycles. The van der Waals surface area contributed by atoms with E-state index in [1.165, 1.54) is 32.1 Å². The lowest BCUT2D eigenvalue weighted by atomic mass is 10.0. The van der Waals surface area contributed by atoms with Gasteiger partial charge in [-0.05, 0) is 25.2 Å². The fraction of sp³-hybridized carbons (Fsp3) is 0.714. The van der Waals surface area contributed by atoms with Gasteiger partial charge in [-0.1, -0.05) is 26.7 Å². The van der Waals surface area contributed by atoms with Crippen molar-refractivity contribution in [3.05, 3.63) is 11.9 Å². The van der Waals surface area contributed by atoms with Crippen LogP contribution in [0.25, 0.3) is 0 Å². The Kier molecular flexibility index (Phi) is 4.39. The van der Waals surface area contributed by atoms with Crippen LogP contribution in [0, 0.1) is 5.92 Å². The van der Waals surface area contributed by atoms with Crippen molar-refractivity contribution in [3.63, 3.8) is 0 Å². The van der Waals surface area contributed by atoms with Gasteiger partial charge in [0.05, 0.1) is 0 Å². The van der Waals surface area contributed by atoms with Crippen LogP contribution in [0.5, 0.6) is 0 Å². The summed E-state index contributed by atoms with van der Waals surface area (Å²) in [4.78, 5) is 8.70. The second kappa shape index (κ2) is 6.03. The number of rotatable bonds is 3. The fourth-order valence-electron chi connectivity index (χ4n) is 2.59. The van der Waals surface area contributed by atoms with Crippen LogP contribution in [0.2, 0.25) is 0 Å². The summed E-state index contributed by atoms with van der Waals surface area (Å²) in [7, 11) is 0. The standard InChI is InChI=1S/C14H24N4/c1-3-13-17-12(15)9-14(18-13)16-11-6-4-5-10(2)7-8-11/h9-11H,3-8H2,1-2H3,(H3,15,16,17,18). The van der Waals surface area contributed by atoms with Gasteiger partial charge in [0.15, 0.2) is 0 Å². The van der Waals surface area contributed by atoms with E-state index in [4.69, 9.17) is 5.73 Å². The molecule has 3 N–H and O–H groups in total. The third-order valence-corrected chi connectivity index (χ3v) is 3.72. The van der Waals surface area contributed by atoms with E-state index in [1.807, 2.05) is 13.0 Å². The molecule has 2 atom stereocenters. The second-order valence-electron chi connectivity index (χ2n) is 5.40. The first-order valence-corrected chi connectivity index (χ1v) is 7.07. The summed E-state index contributed by atoms with van der Waals surface area (Å²) in [5.41, 5.74) is 5.80. The number of aryl methyl sites for hydroxylation is 1. The first kappa shape index (κ1) is 13.1. The molecule has 0 amide bonds. The highest BCUT2D eigenvalue weighted by molar-refractivity contribution is 5.45. The molecular formula is C14H24N4. The largest absolute Gasteiger partial charge is 0.384 e. The highest BCUT2D eigenvalue weighted by atomic mass is 15.1. The monoisotopic (exact) mass is 248 g/mol. The molecule has 1 saturated carbocycles. The van der Waals surface area contributed by atoms with E-state index >= 15 is 0 Å². The van der Waals surface area contributed by atoms with Crippen LogP contribution in [0.3, 0.4) is 0 Å². The lowest BCUT2D eigenvalue weighted by molar-refractivity contribution is 0.502. The van der Waals surface area contributed by atoms with Crippen molar-refractivity contribution in [2.45, 2.75) is 58.4 Å². The van der Waals surface area contributed by atoms with Crippen molar-refractivity contribution >= 4 is 11.6 Å². The van der Waals surface area contributed by atoms with Crippen molar-refractivity contribution in [3.8, 4) is 0 Å². The Bertz CT molecular complexity index is 391. The Balaban J connectivity index is 2.01. The van der Waals surface area contributed by atoms with E-state index in [0.29, 0.717) is 11.9 Å². The van der Waals surface area contributed by atoms with Crippen LogP contribution in [0.4, 0.5) is 11.6 Å². The van der Waals surface area contributed by atoms with Crippen LogP contribution < -0.4 is 11.1 Å². The smallest absolute Gasteiger partial charge is 0.132 e. The summed E-state index contributed by atoms with van der Waals surface area (Å²) >= 11 is 0. The van der Waals surface area contributed by atoms with Gasteiger partial charge < -0.3 is 11.1 Å². The minimum absolute atomic E-state index is 0.536. The van der Waals surface area contributed by atoms with Crippen molar-refractivity contribution < 1.29 is 0 Å². The molecular weight excluding hydrogens is 224 g/mol. The second-order valence-corrected chi connectivity index (χ2v) is 5.40. The molecule has 1 aromatic rings. The Morgan fingerprint density at radius 3 is 2.89 bits per heavy atom. The molecule has 4 nitrogen and oxygen atoms in total. The van der Waals surface area contributed by atoms with E-state index in [-0.39, 0.29) is 0 Å². The van der Waals surface area contributed by atoms with Crippen molar-refractivity contribution in [2.75, 3.05) is 11.1 Å². The highest BCUT2D eigenvalue weighted by Crippen LogP contribution is 2.24. The number of hydrogen-bond donors (Lipinski definition) is 2. The molecule has 1 aliphatic rings. The predicted octanol–water partition coefficient (Wildman–Crippen LogP) is 3.00. The van der Waals surface area contributed by atoms with Crippen molar-refractivity contribution in [1.29, 1.82) is 0 Å². The molecule has 0 spiro atoms. The number of aromatic nitrogens is 2. The maximum Gasteiger partial charge on any atom is 0.132 e. The van der Waals surface area contributed by atoms with Crippen molar-refractivity contribution in [1.82, 2.24) is 9.97 Å². The molecule has 0 saturated heterocycles. The van der Waals surface area contributed by atoms with Gasteiger partial charge in [0.25, 0.3) is 0 Å². The van der Waals surface area contributed by atoms with Crippen LogP contribution in [-0.4, -0.2) is 16.0 Å². The van der Waals surface area contributed by atoms with Gasteiger partial charge in [-0.3, -0.25) is 0 Å². The molecule has 1 aliphatic carbocycles. The molecule has 0 aliphatic heterocycles. The van der Waals surface area contributed by atoms with Gasteiger partial charge in [-0.25, -0.2) is 9.97 Å². The minimum atomic E-state index is 0.536. The van der Waals surface area contributed by atoms with E-state index in [9.17, 15) is 0 Å². The summed E-state index contributed by atoms with van der Waals surface area (Å²) < 4.78 is 0. The first-order valence-electron chi connectivity index (χ1n) is 7.07. The zero-order valence-corrected chi connectivity index (χ0v) is 11.4. The Hall–Kier alpha value is -1.32. The third-order valence-electron chi connectivity index (χ3n) is 3.72. The molecule has 100 valence electrons. The fourth-order valence-corrected chi connectivity index (χ4v) is 2.59. The molecule has 2 unspecified atom stereocenters. The number of nitrogens with one attached hydrogen (secondary N) is 1. The van der Waals surface area contributed by atoms with E-state index in [2.05, 4.69) is 22.2 Å². The summed E-state index contributed by atoms with van der Waals surface area (Å²) in [6.45, 7) is 4.39. The normalized spacial score (nSPS) is 24.6. The Morgan fingerprint density at radius 1 is 1.28 bits per heavy atom. The molecule has 1 heterocycles. The first-order chi connectivity index (χ1) is 8.67. The van der Waals surface area contributed by atoms with Crippen LogP contribution in [-0.2, 0) is 6.42 Å². The maximum atomic E-state index is 5.80. The average Bonchev–Trinajstić information content (AvgIpc) is 2.54. The minimum Gasteiger partial charge on any atom is -0.384 e. The van der Waals surface area contributed by atoms with E-state index in [0.717, 1.165) is 24.0 Å².